The molecule has 1 amide bonds. The first-order valence-corrected chi connectivity index (χ1v) is 9.66. The summed E-state index contributed by atoms with van der Waals surface area (Å²) < 4.78 is 0. The number of hydrogen-bond acceptors (Lipinski definition) is 5. The number of carbonyl (C=O) groups excluding carboxylic acids is 1. The minimum Gasteiger partial charge on any atom is -0.352 e. The molecule has 0 spiro atoms. The monoisotopic (exact) mass is 343 g/mol. The fraction of sp³-hybridized carbons (Fsp3) is 0.737. The number of likely N-dealkylation sites (tertiary alicyclic amines) is 1. The van der Waals surface area contributed by atoms with Gasteiger partial charge < -0.3 is 9.80 Å². The van der Waals surface area contributed by atoms with Crippen molar-refractivity contribution in [3.05, 3.63) is 17.8 Å². The van der Waals surface area contributed by atoms with Gasteiger partial charge in [0.05, 0.1) is 5.69 Å². The van der Waals surface area contributed by atoms with Crippen LogP contribution in [-0.2, 0) is 4.79 Å². The number of rotatable bonds is 5. The van der Waals surface area contributed by atoms with Gasteiger partial charge in [-0.15, -0.1) is 5.10 Å². The average molecular weight is 343 g/mol. The lowest BCUT2D eigenvalue weighted by Gasteiger charge is -2.46. The number of carbonyl (C=O) groups is 1. The number of aromatic nitrogens is 2. The predicted molar refractivity (Wildman–Crippen MR) is 97.7 cm³/mol. The molecule has 25 heavy (non-hydrogen) atoms. The summed E-state index contributed by atoms with van der Waals surface area (Å²) in [7, 11) is 4.16. The van der Waals surface area contributed by atoms with Crippen LogP contribution in [0.1, 0.15) is 50.1 Å². The molecular formula is C19H29N5O. The SMILES string of the molecule is CN(CC1CCCCC(=O)N1C)C1CN(c2ccc(C3CC3)nn2)C1. The smallest absolute Gasteiger partial charge is 0.222 e. The van der Waals surface area contributed by atoms with Gasteiger partial charge in [-0.25, -0.2) is 0 Å². The third-order valence-electron chi connectivity index (χ3n) is 6.09. The van der Waals surface area contributed by atoms with E-state index >= 15 is 0 Å². The van der Waals surface area contributed by atoms with Gasteiger partial charge in [0.15, 0.2) is 5.82 Å². The van der Waals surface area contributed by atoms with E-state index in [1.807, 2.05) is 11.9 Å². The van der Waals surface area contributed by atoms with Crippen LogP contribution in [0.25, 0.3) is 0 Å². The number of likely N-dealkylation sites (N-methyl/N-ethyl adjacent to an activating group) is 2. The molecule has 2 aliphatic heterocycles. The van der Waals surface area contributed by atoms with Crippen molar-refractivity contribution in [3.8, 4) is 0 Å². The second-order valence-corrected chi connectivity index (χ2v) is 7.99. The van der Waals surface area contributed by atoms with Gasteiger partial charge in [0, 0.05) is 51.1 Å². The van der Waals surface area contributed by atoms with Crippen molar-refractivity contribution < 1.29 is 4.79 Å². The van der Waals surface area contributed by atoms with Gasteiger partial charge in [0.25, 0.3) is 0 Å². The molecule has 2 saturated heterocycles. The number of amides is 1. The lowest BCUT2D eigenvalue weighted by Crippen LogP contribution is -2.60. The Morgan fingerprint density at radius 1 is 1.16 bits per heavy atom. The van der Waals surface area contributed by atoms with Gasteiger partial charge in [-0.3, -0.25) is 9.69 Å². The Hall–Kier alpha value is -1.69. The van der Waals surface area contributed by atoms with E-state index in [-0.39, 0.29) is 0 Å². The normalized spacial score (nSPS) is 25.2. The van der Waals surface area contributed by atoms with Gasteiger partial charge in [-0.05, 0) is 44.9 Å². The van der Waals surface area contributed by atoms with Gasteiger partial charge >= 0.3 is 0 Å². The standard InChI is InChI=1S/C19H29N5O/c1-22(11-15-5-3-4-6-19(25)23(15)2)16-12-24(13-16)18-10-9-17(20-21-18)14-7-8-14/h9-10,14-16H,3-8,11-13H2,1-2H3. The van der Waals surface area contributed by atoms with Crippen LogP contribution in [0.4, 0.5) is 5.82 Å². The number of hydrogen-bond donors (Lipinski definition) is 0. The highest BCUT2D eigenvalue weighted by molar-refractivity contribution is 5.76. The Morgan fingerprint density at radius 3 is 2.64 bits per heavy atom. The molecule has 1 aliphatic carbocycles. The number of anilines is 1. The Bertz CT molecular complexity index is 609. The van der Waals surface area contributed by atoms with Crippen molar-refractivity contribution in [2.75, 3.05) is 38.6 Å². The van der Waals surface area contributed by atoms with Crippen LogP contribution in [0.2, 0.25) is 0 Å². The summed E-state index contributed by atoms with van der Waals surface area (Å²) in [6.07, 6.45) is 6.57. The Kier molecular flexibility index (Phi) is 4.63. The van der Waals surface area contributed by atoms with Crippen LogP contribution < -0.4 is 4.90 Å². The molecule has 1 saturated carbocycles. The Balaban J connectivity index is 1.28. The topological polar surface area (TPSA) is 52.6 Å². The van der Waals surface area contributed by atoms with E-state index in [9.17, 15) is 4.79 Å². The lowest BCUT2D eigenvalue weighted by molar-refractivity contribution is -0.131. The molecule has 0 aromatic carbocycles. The van der Waals surface area contributed by atoms with Crippen molar-refractivity contribution in [3.63, 3.8) is 0 Å². The van der Waals surface area contributed by atoms with Crippen molar-refractivity contribution in [1.29, 1.82) is 0 Å². The van der Waals surface area contributed by atoms with Crippen LogP contribution in [0, 0.1) is 0 Å². The second-order valence-electron chi connectivity index (χ2n) is 7.99. The van der Waals surface area contributed by atoms with Crippen molar-refractivity contribution in [2.45, 2.75) is 56.5 Å². The summed E-state index contributed by atoms with van der Waals surface area (Å²) in [4.78, 5) is 18.8. The molecule has 6 heteroatoms. The maximum absolute atomic E-state index is 12.1. The van der Waals surface area contributed by atoms with Crippen molar-refractivity contribution in [2.24, 2.45) is 0 Å². The molecule has 3 heterocycles. The maximum Gasteiger partial charge on any atom is 0.222 e. The van der Waals surface area contributed by atoms with Crippen LogP contribution in [0.15, 0.2) is 12.1 Å². The van der Waals surface area contributed by atoms with E-state index in [0.29, 0.717) is 30.3 Å². The minimum absolute atomic E-state index is 0.303. The van der Waals surface area contributed by atoms with E-state index in [0.717, 1.165) is 50.4 Å². The molecule has 6 nitrogen and oxygen atoms in total. The van der Waals surface area contributed by atoms with E-state index in [1.165, 1.54) is 12.8 Å². The van der Waals surface area contributed by atoms with E-state index < -0.39 is 0 Å². The molecular weight excluding hydrogens is 314 g/mol. The number of nitrogens with zero attached hydrogens (tertiary/aromatic N) is 5. The molecule has 4 rings (SSSR count). The van der Waals surface area contributed by atoms with E-state index in [2.05, 4.69) is 39.2 Å². The van der Waals surface area contributed by atoms with Crippen LogP contribution in [0.5, 0.6) is 0 Å². The van der Waals surface area contributed by atoms with Crippen LogP contribution in [0.3, 0.4) is 0 Å². The van der Waals surface area contributed by atoms with E-state index in [1.54, 1.807) is 0 Å². The van der Waals surface area contributed by atoms with Crippen LogP contribution >= 0.6 is 0 Å². The molecule has 3 aliphatic rings. The highest BCUT2D eigenvalue weighted by Crippen LogP contribution is 2.38. The zero-order valence-corrected chi connectivity index (χ0v) is 15.4. The van der Waals surface area contributed by atoms with Gasteiger partial charge in [-0.1, -0.05) is 6.42 Å². The molecule has 0 radical (unpaired) electrons. The quantitative estimate of drug-likeness (QED) is 0.817. The van der Waals surface area contributed by atoms with Gasteiger partial charge in [-0.2, -0.15) is 5.10 Å². The predicted octanol–water partition coefficient (Wildman–Crippen LogP) is 1.88. The largest absolute Gasteiger partial charge is 0.352 e. The summed E-state index contributed by atoms with van der Waals surface area (Å²) in [5.41, 5.74) is 1.15. The highest BCUT2D eigenvalue weighted by Gasteiger charge is 2.34. The zero-order chi connectivity index (χ0) is 17.4. The summed E-state index contributed by atoms with van der Waals surface area (Å²) >= 11 is 0. The molecule has 1 aromatic rings. The third-order valence-corrected chi connectivity index (χ3v) is 6.09. The zero-order valence-electron chi connectivity index (χ0n) is 15.4. The second kappa shape index (κ2) is 6.90. The average Bonchev–Trinajstić information content (AvgIpc) is 3.41. The first-order valence-electron chi connectivity index (χ1n) is 9.66. The van der Waals surface area contributed by atoms with Gasteiger partial charge in [0.1, 0.15) is 0 Å². The van der Waals surface area contributed by atoms with Crippen molar-refractivity contribution in [1.82, 2.24) is 20.0 Å². The van der Waals surface area contributed by atoms with Gasteiger partial charge in [0.2, 0.25) is 5.91 Å². The molecule has 1 unspecified atom stereocenters. The first-order chi connectivity index (χ1) is 12.1. The molecule has 3 fully saturated rings. The third kappa shape index (κ3) is 3.64. The molecule has 1 aromatic heterocycles. The molecule has 0 N–H and O–H groups in total. The summed E-state index contributed by atoms with van der Waals surface area (Å²) in [6.45, 7) is 2.96. The fourth-order valence-electron chi connectivity index (χ4n) is 3.95. The fourth-order valence-corrected chi connectivity index (χ4v) is 3.95. The molecule has 0 bridgehead atoms. The maximum atomic E-state index is 12.1. The summed E-state index contributed by atoms with van der Waals surface area (Å²) in [5.74, 6) is 1.96. The summed E-state index contributed by atoms with van der Waals surface area (Å²) in [5, 5.41) is 8.80. The van der Waals surface area contributed by atoms with E-state index in [4.69, 9.17) is 0 Å². The Labute approximate surface area is 150 Å². The summed E-state index contributed by atoms with van der Waals surface area (Å²) in [6, 6.07) is 5.15. The molecule has 136 valence electrons. The first kappa shape index (κ1) is 16.8. The molecule has 1 atom stereocenters. The highest BCUT2D eigenvalue weighted by atomic mass is 16.2. The van der Waals surface area contributed by atoms with Crippen LogP contribution in [-0.4, -0.2) is 71.7 Å². The minimum atomic E-state index is 0.303. The Morgan fingerprint density at radius 2 is 1.96 bits per heavy atom. The lowest BCUT2D eigenvalue weighted by atomic mass is 10.0. The van der Waals surface area contributed by atoms with Crippen molar-refractivity contribution >= 4 is 11.7 Å².